The summed E-state index contributed by atoms with van der Waals surface area (Å²) in [5.74, 6) is 0.915. The van der Waals surface area contributed by atoms with Crippen LogP contribution in [0.1, 0.15) is 25.7 Å². The summed E-state index contributed by atoms with van der Waals surface area (Å²) in [6.07, 6.45) is 5.32. The first-order chi connectivity index (χ1) is 7.90. The van der Waals surface area contributed by atoms with E-state index in [1.807, 2.05) is 0 Å². The summed E-state index contributed by atoms with van der Waals surface area (Å²) in [6, 6.07) is 10.7. The van der Waals surface area contributed by atoms with E-state index in [0.717, 1.165) is 25.4 Å². The highest BCUT2D eigenvalue weighted by Gasteiger charge is 2.20. The molecule has 0 saturated heterocycles. The van der Waals surface area contributed by atoms with Gasteiger partial charge in [0.05, 0.1) is 0 Å². The fourth-order valence-electron chi connectivity index (χ4n) is 2.23. The van der Waals surface area contributed by atoms with Gasteiger partial charge in [-0.1, -0.05) is 24.6 Å². The van der Waals surface area contributed by atoms with Gasteiger partial charge in [0, 0.05) is 18.8 Å². The third kappa shape index (κ3) is 2.99. The molecule has 0 aliphatic heterocycles. The molecule has 1 saturated carbocycles. The molecule has 1 aliphatic carbocycles. The Bertz CT molecular complexity index is 293. The Hall–Kier alpha value is -1.02. The lowest BCUT2D eigenvalue weighted by molar-refractivity contribution is 0.317. The van der Waals surface area contributed by atoms with Gasteiger partial charge in [0.1, 0.15) is 0 Å². The molecule has 1 aromatic carbocycles. The van der Waals surface area contributed by atoms with Gasteiger partial charge in [0.2, 0.25) is 0 Å². The molecule has 1 aliphatic rings. The SMILES string of the molecule is NCCCN(CC1CCC1)c1ccccc1. The number of nitrogens with two attached hydrogens (primary N) is 1. The first-order valence-electron chi connectivity index (χ1n) is 6.40. The first-order valence-corrected chi connectivity index (χ1v) is 6.40. The smallest absolute Gasteiger partial charge is 0.0366 e. The molecule has 0 amide bonds. The summed E-state index contributed by atoms with van der Waals surface area (Å²) >= 11 is 0. The van der Waals surface area contributed by atoms with Gasteiger partial charge < -0.3 is 10.6 Å². The highest BCUT2D eigenvalue weighted by atomic mass is 15.1. The number of benzene rings is 1. The minimum Gasteiger partial charge on any atom is -0.371 e. The van der Waals surface area contributed by atoms with E-state index in [9.17, 15) is 0 Å². The summed E-state index contributed by atoms with van der Waals surface area (Å²) in [5, 5.41) is 0. The van der Waals surface area contributed by atoms with Crippen LogP contribution < -0.4 is 10.6 Å². The summed E-state index contributed by atoms with van der Waals surface area (Å²) < 4.78 is 0. The van der Waals surface area contributed by atoms with E-state index < -0.39 is 0 Å². The number of hydrogen-bond donors (Lipinski definition) is 1. The van der Waals surface area contributed by atoms with E-state index in [2.05, 4.69) is 35.2 Å². The second-order valence-corrected chi connectivity index (χ2v) is 4.72. The maximum absolute atomic E-state index is 5.61. The minimum atomic E-state index is 0.786. The predicted octanol–water partition coefficient (Wildman–Crippen LogP) is 2.64. The van der Waals surface area contributed by atoms with Crippen LogP contribution in [0.25, 0.3) is 0 Å². The van der Waals surface area contributed by atoms with Crippen molar-refractivity contribution in [1.29, 1.82) is 0 Å². The molecular formula is C14H22N2. The lowest BCUT2D eigenvalue weighted by Gasteiger charge is -2.33. The van der Waals surface area contributed by atoms with Crippen molar-refractivity contribution in [3.8, 4) is 0 Å². The van der Waals surface area contributed by atoms with Gasteiger partial charge in [-0.25, -0.2) is 0 Å². The van der Waals surface area contributed by atoms with Gasteiger partial charge in [-0.2, -0.15) is 0 Å². The summed E-state index contributed by atoms with van der Waals surface area (Å²) in [4.78, 5) is 2.50. The molecule has 0 unspecified atom stereocenters. The third-order valence-electron chi connectivity index (χ3n) is 3.46. The number of rotatable bonds is 6. The Morgan fingerprint density at radius 2 is 1.94 bits per heavy atom. The van der Waals surface area contributed by atoms with Gasteiger partial charge in [0.15, 0.2) is 0 Å². The number of hydrogen-bond acceptors (Lipinski definition) is 2. The molecule has 0 spiro atoms. The zero-order chi connectivity index (χ0) is 11.2. The second-order valence-electron chi connectivity index (χ2n) is 4.72. The van der Waals surface area contributed by atoms with Crippen LogP contribution in [-0.2, 0) is 0 Å². The predicted molar refractivity (Wildman–Crippen MR) is 69.7 cm³/mol. The average molecular weight is 218 g/mol. The Kier molecular flexibility index (Phi) is 4.23. The third-order valence-corrected chi connectivity index (χ3v) is 3.46. The van der Waals surface area contributed by atoms with Crippen LogP contribution in [0.3, 0.4) is 0 Å². The molecule has 0 radical (unpaired) electrons. The molecule has 1 fully saturated rings. The quantitative estimate of drug-likeness (QED) is 0.795. The second kappa shape index (κ2) is 5.90. The molecule has 1 aromatic rings. The average Bonchev–Trinajstić information content (AvgIpc) is 2.28. The molecule has 0 heterocycles. The topological polar surface area (TPSA) is 29.3 Å². The van der Waals surface area contributed by atoms with E-state index in [4.69, 9.17) is 5.73 Å². The fraction of sp³-hybridized carbons (Fsp3) is 0.571. The van der Waals surface area contributed by atoms with Gasteiger partial charge in [-0.05, 0) is 43.9 Å². The molecular weight excluding hydrogens is 196 g/mol. The minimum absolute atomic E-state index is 0.786. The van der Waals surface area contributed by atoms with Crippen molar-refractivity contribution < 1.29 is 0 Å². The summed E-state index contributed by atoms with van der Waals surface area (Å²) in [6.45, 7) is 3.09. The van der Waals surface area contributed by atoms with E-state index >= 15 is 0 Å². The van der Waals surface area contributed by atoms with Crippen LogP contribution in [0.15, 0.2) is 30.3 Å². The molecule has 0 bridgehead atoms. The fourth-order valence-corrected chi connectivity index (χ4v) is 2.23. The zero-order valence-electron chi connectivity index (χ0n) is 9.94. The maximum Gasteiger partial charge on any atom is 0.0366 e. The molecule has 0 aromatic heterocycles. The largest absolute Gasteiger partial charge is 0.371 e. The molecule has 2 N–H and O–H groups in total. The standard InChI is InChI=1S/C14H22N2/c15-10-5-11-16(12-13-6-4-7-13)14-8-2-1-3-9-14/h1-3,8-9,13H,4-7,10-12,15H2. The highest BCUT2D eigenvalue weighted by Crippen LogP contribution is 2.28. The van der Waals surface area contributed by atoms with Gasteiger partial charge in [-0.3, -0.25) is 0 Å². The number of nitrogens with zero attached hydrogens (tertiary/aromatic N) is 1. The Balaban J connectivity index is 1.95. The summed E-state index contributed by atoms with van der Waals surface area (Å²) in [5.41, 5.74) is 6.96. The molecule has 2 nitrogen and oxygen atoms in total. The molecule has 88 valence electrons. The Labute approximate surface area is 98.4 Å². The Morgan fingerprint density at radius 3 is 2.50 bits per heavy atom. The summed E-state index contributed by atoms with van der Waals surface area (Å²) in [7, 11) is 0. The maximum atomic E-state index is 5.61. The highest BCUT2D eigenvalue weighted by molar-refractivity contribution is 5.46. The van der Waals surface area contributed by atoms with Crippen LogP contribution in [0.4, 0.5) is 5.69 Å². The first kappa shape index (κ1) is 11.5. The van der Waals surface area contributed by atoms with Crippen molar-refractivity contribution in [3.05, 3.63) is 30.3 Å². The van der Waals surface area contributed by atoms with Crippen molar-refractivity contribution in [2.75, 3.05) is 24.5 Å². The van der Waals surface area contributed by atoms with Gasteiger partial charge >= 0.3 is 0 Å². The zero-order valence-corrected chi connectivity index (χ0v) is 9.94. The van der Waals surface area contributed by atoms with Crippen molar-refractivity contribution >= 4 is 5.69 Å². The Morgan fingerprint density at radius 1 is 1.19 bits per heavy atom. The van der Waals surface area contributed by atoms with Crippen molar-refractivity contribution in [3.63, 3.8) is 0 Å². The van der Waals surface area contributed by atoms with Gasteiger partial charge in [0.25, 0.3) is 0 Å². The van der Waals surface area contributed by atoms with Crippen LogP contribution in [-0.4, -0.2) is 19.6 Å². The number of para-hydroxylation sites is 1. The van der Waals surface area contributed by atoms with E-state index in [1.165, 1.54) is 31.5 Å². The lowest BCUT2D eigenvalue weighted by atomic mass is 9.85. The van der Waals surface area contributed by atoms with Crippen molar-refractivity contribution in [1.82, 2.24) is 0 Å². The van der Waals surface area contributed by atoms with Crippen LogP contribution in [0, 0.1) is 5.92 Å². The van der Waals surface area contributed by atoms with Crippen molar-refractivity contribution in [2.24, 2.45) is 11.7 Å². The van der Waals surface area contributed by atoms with E-state index in [-0.39, 0.29) is 0 Å². The normalized spacial score (nSPS) is 15.8. The monoisotopic (exact) mass is 218 g/mol. The number of anilines is 1. The lowest BCUT2D eigenvalue weighted by Crippen LogP contribution is -2.34. The van der Waals surface area contributed by atoms with E-state index in [1.54, 1.807) is 0 Å². The molecule has 2 heteroatoms. The van der Waals surface area contributed by atoms with Crippen LogP contribution >= 0.6 is 0 Å². The van der Waals surface area contributed by atoms with Gasteiger partial charge in [-0.15, -0.1) is 0 Å². The van der Waals surface area contributed by atoms with E-state index in [0.29, 0.717) is 0 Å². The molecule has 16 heavy (non-hydrogen) atoms. The molecule has 0 atom stereocenters. The van der Waals surface area contributed by atoms with Crippen LogP contribution in [0.5, 0.6) is 0 Å². The molecule has 2 rings (SSSR count). The van der Waals surface area contributed by atoms with Crippen molar-refractivity contribution in [2.45, 2.75) is 25.7 Å². The van der Waals surface area contributed by atoms with Crippen LogP contribution in [0.2, 0.25) is 0 Å².